The van der Waals surface area contributed by atoms with E-state index in [4.69, 9.17) is 0 Å². The van der Waals surface area contributed by atoms with Crippen molar-refractivity contribution in [2.75, 3.05) is 0 Å². The van der Waals surface area contributed by atoms with Gasteiger partial charge in [-0.2, -0.15) is 23.4 Å². The number of rotatable bonds is 2. The topological polar surface area (TPSA) is 25.8 Å². The Labute approximate surface area is 210 Å². The molecule has 0 unspecified atom stereocenters. The first kappa shape index (κ1) is 22.7. The summed E-state index contributed by atoms with van der Waals surface area (Å²) < 4.78 is 42.5. The van der Waals surface area contributed by atoms with Crippen LogP contribution in [-0.2, 0) is 26.3 Å². The molecule has 0 N–H and O–H groups in total. The number of benzene rings is 4. The zero-order valence-electron chi connectivity index (χ0n) is 17.4. The zero-order valence-corrected chi connectivity index (χ0v) is 20.6. The van der Waals surface area contributed by atoms with Crippen molar-refractivity contribution in [1.29, 1.82) is 0 Å². The van der Waals surface area contributed by atoms with Crippen LogP contribution in [0.3, 0.4) is 0 Å². The van der Waals surface area contributed by atoms with Gasteiger partial charge in [0.2, 0.25) is 0 Å². The number of alkyl halides is 3. The van der Waals surface area contributed by atoms with E-state index in [1.54, 1.807) is 17.4 Å². The fourth-order valence-electron chi connectivity index (χ4n) is 4.17. The van der Waals surface area contributed by atoms with Crippen LogP contribution in [0, 0.1) is 6.07 Å². The van der Waals surface area contributed by atoms with E-state index in [1.165, 1.54) is 12.1 Å². The molecule has 0 fully saturated rings. The number of thiophene rings is 1. The molecule has 0 spiro atoms. The van der Waals surface area contributed by atoms with Crippen molar-refractivity contribution in [1.82, 2.24) is 10.2 Å². The van der Waals surface area contributed by atoms with Crippen molar-refractivity contribution in [3.05, 3.63) is 96.6 Å². The van der Waals surface area contributed by atoms with Crippen LogP contribution < -0.4 is 0 Å². The van der Waals surface area contributed by atoms with Gasteiger partial charge >= 0.3 is 6.18 Å². The molecule has 1 radical (unpaired) electrons. The van der Waals surface area contributed by atoms with Crippen LogP contribution in [-0.4, -0.2) is 10.2 Å². The minimum absolute atomic E-state index is 0. The summed E-state index contributed by atoms with van der Waals surface area (Å²) in [7, 11) is 0. The van der Waals surface area contributed by atoms with Crippen LogP contribution >= 0.6 is 11.3 Å². The number of fused-ring (bicyclic) bond motifs is 3. The molecule has 2 aromatic heterocycles. The molecular formula is C27H14F3IrN2S-. The van der Waals surface area contributed by atoms with E-state index in [1.807, 2.05) is 60.7 Å². The monoisotopic (exact) mass is 648 g/mol. The molecule has 0 saturated carbocycles. The van der Waals surface area contributed by atoms with Crippen LogP contribution in [0.1, 0.15) is 5.56 Å². The van der Waals surface area contributed by atoms with Crippen LogP contribution in [0.2, 0.25) is 0 Å². The van der Waals surface area contributed by atoms with Crippen molar-refractivity contribution >= 4 is 43.0 Å². The van der Waals surface area contributed by atoms with E-state index >= 15 is 0 Å². The molecule has 7 heteroatoms. The van der Waals surface area contributed by atoms with Gasteiger partial charge in [0.25, 0.3) is 0 Å². The molecule has 0 aliphatic carbocycles. The van der Waals surface area contributed by atoms with E-state index in [9.17, 15) is 13.2 Å². The molecule has 6 aromatic rings. The van der Waals surface area contributed by atoms with Crippen LogP contribution in [0.15, 0.2) is 84.9 Å². The summed E-state index contributed by atoms with van der Waals surface area (Å²) in [5.41, 5.74) is 0.123. The molecular weight excluding hydrogens is 634 g/mol. The van der Waals surface area contributed by atoms with Crippen LogP contribution in [0.5, 0.6) is 0 Å². The van der Waals surface area contributed by atoms with Gasteiger partial charge < -0.3 is 0 Å². The predicted octanol–water partition coefficient (Wildman–Crippen LogP) is 8.15. The molecule has 2 heterocycles. The summed E-state index contributed by atoms with van der Waals surface area (Å²) in [6, 6.07) is 28.5. The Morgan fingerprint density at radius 3 is 2.00 bits per heavy atom. The van der Waals surface area contributed by atoms with E-state index in [0.717, 1.165) is 37.2 Å². The maximum absolute atomic E-state index is 13.8. The number of halogens is 3. The van der Waals surface area contributed by atoms with Crippen molar-refractivity contribution in [2.24, 2.45) is 0 Å². The number of aromatic nitrogens is 2. The fourth-order valence-corrected chi connectivity index (χ4v) is 5.17. The van der Waals surface area contributed by atoms with E-state index in [-0.39, 0.29) is 31.4 Å². The summed E-state index contributed by atoms with van der Waals surface area (Å²) >= 11 is 1.54. The Balaban J connectivity index is 0.00000241. The second-order valence-corrected chi connectivity index (χ2v) is 8.79. The van der Waals surface area contributed by atoms with Gasteiger partial charge in [-0.25, -0.2) is 11.3 Å². The van der Waals surface area contributed by atoms with Gasteiger partial charge in [-0.05, 0) is 37.9 Å². The molecule has 0 atom stereocenters. The van der Waals surface area contributed by atoms with Gasteiger partial charge in [0, 0.05) is 36.7 Å². The Hall–Kier alpha value is -3.12. The summed E-state index contributed by atoms with van der Waals surface area (Å²) in [4.78, 5) is 0.805. The van der Waals surface area contributed by atoms with Crippen molar-refractivity contribution in [3.63, 3.8) is 0 Å². The van der Waals surface area contributed by atoms with Crippen molar-refractivity contribution in [2.45, 2.75) is 6.18 Å². The van der Waals surface area contributed by atoms with E-state index in [2.05, 4.69) is 16.3 Å². The molecule has 4 aromatic carbocycles. The summed E-state index contributed by atoms with van der Waals surface area (Å²) in [5.74, 6) is 0. The van der Waals surface area contributed by atoms with Gasteiger partial charge in [0.15, 0.2) is 0 Å². The summed E-state index contributed by atoms with van der Waals surface area (Å²) in [6.07, 6.45) is -4.50. The summed E-state index contributed by atoms with van der Waals surface area (Å²) in [5, 5.41) is 13.0. The van der Waals surface area contributed by atoms with Crippen molar-refractivity contribution in [3.8, 4) is 21.8 Å². The quantitative estimate of drug-likeness (QED) is 0.140. The van der Waals surface area contributed by atoms with Gasteiger partial charge in [0.1, 0.15) is 0 Å². The number of hydrogen-bond acceptors (Lipinski definition) is 3. The largest absolute Gasteiger partial charge is 0.417 e. The van der Waals surface area contributed by atoms with E-state index < -0.39 is 11.7 Å². The molecule has 0 aliphatic heterocycles. The molecule has 0 amide bonds. The molecule has 0 bridgehead atoms. The zero-order chi connectivity index (χ0) is 22.6. The SMILES string of the molecule is FC(F)(F)c1ccccc1-c1nnc(-c2[c-]c3ccccc3s2)c2cc3ccccc3cc12.[Ir]. The standard InChI is InChI=1S/C27H14F3N2S.Ir/c28-27(29,30)22-11-5-4-10-19(22)25-20-13-16-7-1-2-8-17(16)14-21(20)26(32-31-25)24-15-18-9-3-6-12-23(18)33-24;/h1-14H;/q-1;. The maximum atomic E-state index is 13.8. The van der Waals surface area contributed by atoms with Gasteiger partial charge in [0.05, 0.1) is 11.3 Å². The third-order valence-corrected chi connectivity index (χ3v) is 6.77. The number of nitrogens with zero attached hydrogens (tertiary/aromatic N) is 2. The molecule has 34 heavy (non-hydrogen) atoms. The normalized spacial score (nSPS) is 11.7. The smallest absolute Gasteiger partial charge is 0.206 e. The summed E-state index contributed by atoms with van der Waals surface area (Å²) in [6.45, 7) is 0. The second kappa shape index (κ2) is 8.58. The molecule has 0 saturated heterocycles. The Morgan fingerprint density at radius 1 is 0.706 bits per heavy atom. The first-order valence-electron chi connectivity index (χ1n) is 10.3. The maximum Gasteiger partial charge on any atom is 0.417 e. The third-order valence-electron chi connectivity index (χ3n) is 5.70. The minimum atomic E-state index is -4.50. The molecule has 169 valence electrons. The van der Waals surface area contributed by atoms with Crippen LogP contribution in [0.4, 0.5) is 13.2 Å². The molecule has 0 aliphatic rings. The average molecular weight is 648 g/mol. The van der Waals surface area contributed by atoms with Gasteiger partial charge in [-0.1, -0.05) is 60.7 Å². The third kappa shape index (κ3) is 3.80. The van der Waals surface area contributed by atoms with Crippen molar-refractivity contribution < 1.29 is 33.3 Å². The fraction of sp³-hybridized carbons (Fsp3) is 0.0370. The second-order valence-electron chi connectivity index (χ2n) is 7.74. The molecule has 2 nitrogen and oxygen atoms in total. The van der Waals surface area contributed by atoms with E-state index in [0.29, 0.717) is 11.1 Å². The molecule has 6 rings (SSSR count). The van der Waals surface area contributed by atoms with Gasteiger partial charge in [-0.3, -0.25) is 0 Å². The Morgan fingerprint density at radius 2 is 1.29 bits per heavy atom. The average Bonchev–Trinajstić information content (AvgIpc) is 3.25. The predicted molar refractivity (Wildman–Crippen MR) is 127 cm³/mol. The Bertz CT molecular complexity index is 1640. The Kier molecular flexibility index (Phi) is 5.72. The van der Waals surface area contributed by atoms with Crippen LogP contribution in [0.25, 0.3) is 53.5 Å². The van der Waals surface area contributed by atoms with Gasteiger partial charge in [-0.15, -0.1) is 23.6 Å². The minimum Gasteiger partial charge on any atom is -0.206 e. The number of hydrogen-bond donors (Lipinski definition) is 0. The first-order chi connectivity index (χ1) is 16.0. The first-order valence-corrected chi connectivity index (χ1v) is 11.1.